The first-order chi connectivity index (χ1) is 8.02. The summed E-state index contributed by atoms with van der Waals surface area (Å²) in [6, 6.07) is 0. The number of furan rings is 1. The zero-order chi connectivity index (χ0) is 12.2. The molecule has 1 heterocycles. The number of aryl methyl sites for hydroxylation is 1. The molecule has 1 aromatic rings. The Balaban J connectivity index is 2.11. The molecule has 17 heavy (non-hydrogen) atoms. The van der Waals surface area contributed by atoms with Gasteiger partial charge in [-0.1, -0.05) is 25.5 Å². The van der Waals surface area contributed by atoms with Crippen molar-refractivity contribution in [3.63, 3.8) is 0 Å². The second-order valence-corrected chi connectivity index (χ2v) is 5.71. The molecule has 90 valence electrons. The molecular weight excluding hydrogens is 212 g/mol. The molecule has 0 aromatic carbocycles. The molecular formula is C15H18O2. The summed E-state index contributed by atoms with van der Waals surface area (Å²) in [4.78, 5) is 11.9. The Morgan fingerprint density at radius 2 is 2.24 bits per heavy atom. The Labute approximate surface area is 102 Å². The van der Waals surface area contributed by atoms with Crippen LogP contribution < -0.4 is 0 Å². The van der Waals surface area contributed by atoms with E-state index in [0.29, 0.717) is 12.2 Å². The lowest BCUT2D eigenvalue weighted by Gasteiger charge is -2.43. The highest BCUT2D eigenvalue weighted by Crippen LogP contribution is 2.48. The molecule has 0 aliphatic heterocycles. The van der Waals surface area contributed by atoms with Gasteiger partial charge in [-0.3, -0.25) is 4.79 Å². The van der Waals surface area contributed by atoms with Gasteiger partial charge in [-0.2, -0.15) is 0 Å². The molecule has 0 saturated heterocycles. The van der Waals surface area contributed by atoms with Gasteiger partial charge in [0.25, 0.3) is 0 Å². The normalized spacial score (nSPS) is 31.8. The van der Waals surface area contributed by atoms with Crippen LogP contribution in [0.25, 0.3) is 0 Å². The van der Waals surface area contributed by atoms with E-state index in [4.69, 9.17) is 4.42 Å². The minimum Gasteiger partial charge on any atom is -0.468 e. The summed E-state index contributed by atoms with van der Waals surface area (Å²) in [6.45, 7) is 6.40. The molecule has 0 amide bonds. The number of rotatable bonds is 0. The first-order valence-electron chi connectivity index (χ1n) is 6.30. The van der Waals surface area contributed by atoms with Crippen LogP contribution in [-0.4, -0.2) is 5.78 Å². The average molecular weight is 230 g/mol. The second kappa shape index (κ2) is 3.34. The molecule has 3 rings (SSSR count). The molecule has 0 fully saturated rings. The van der Waals surface area contributed by atoms with E-state index in [-0.39, 0.29) is 11.3 Å². The van der Waals surface area contributed by atoms with Crippen molar-refractivity contribution < 1.29 is 9.21 Å². The maximum absolute atomic E-state index is 11.9. The van der Waals surface area contributed by atoms with Gasteiger partial charge in [-0.05, 0) is 24.5 Å². The summed E-state index contributed by atoms with van der Waals surface area (Å²) in [5, 5.41) is 0. The lowest BCUT2D eigenvalue weighted by atomic mass is 9.60. The van der Waals surface area contributed by atoms with Crippen molar-refractivity contribution in [2.24, 2.45) is 11.3 Å². The number of hydrogen-bond acceptors (Lipinski definition) is 2. The fourth-order valence-electron chi connectivity index (χ4n) is 3.26. The number of carbonyl (C=O) groups is 1. The van der Waals surface area contributed by atoms with E-state index in [1.54, 1.807) is 0 Å². The van der Waals surface area contributed by atoms with Gasteiger partial charge >= 0.3 is 0 Å². The number of fused-ring (bicyclic) bond motifs is 2. The molecule has 0 radical (unpaired) electrons. The first-order valence-corrected chi connectivity index (χ1v) is 6.30. The van der Waals surface area contributed by atoms with E-state index in [0.717, 1.165) is 18.6 Å². The van der Waals surface area contributed by atoms with Gasteiger partial charge in [0.1, 0.15) is 11.5 Å². The highest BCUT2D eigenvalue weighted by atomic mass is 16.3. The number of ketones is 1. The third-order valence-corrected chi connectivity index (χ3v) is 4.81. The van der Waals surface area contributed by atoms with Crippen molar-refractivity contribution in [2.75, 3.05) is 0 Å². The van der Waals surface area contributed by atoms with Gasteiger partial charge in [0.15, 0.2) is 0 Å². The highest BCUT2D eigenvalue weighted by molar-refractivity contribution is 5.85. The smallest absolute Gasteiger partial charge is 0.140 e. The quantitative estimate of drug-likeness (QED) is 0.640. The number of hydrogen-bond donors (Lipinski definition) is 0. The van der Waals surface area contributed by atoms with Crippen LogP contribution in [0.2, 0.25) is 0 Å². The molecule has 2 aliphatic carbocycles. The van der Waals surface area contributed by atoms with Crippen molar-refractivity contribution in [3.8, 4) is 0 Å². The molecule has 0 saturated carbocycles. The van der Waals surface area contributed by atoms with Crippen molar-refractivity contribution >= 4 is 5.78 Å². The number of Topliss-reactive ketones (excluding diaryl/α,β-unsaturated/α-hetero) is 1. The molecule has 0 bridgehead atoms. The predicted octanol–water partition coefficient (Wildman–Crippen LogP) is 3.23. The van der Waals surface area contributed by atoms with Crippen molar-refractivity contribution in [1.29, 1.82) is 0 Å². The summed E-state index contributed by atoms with van der Waals surface area (Å²) in [5.41, 5.74) is 3.96. The van der Waals surface area contributed by atoms with Gasteiger partial charge in [0, 0.05) is 24.2 Å². The molecule has 0 spiro atoms. The Hall–Kier alpha value is -1.31. The van der Waals surface area contributed by atoms with Crippen LogP contribution in [0.15, 0.2) is 22.3 Å². The van der Waals surface area contributed by atoms with Crippen LogP contribution in [0, 0.1) is 18.3 Å². The standard InChI is InChI=1S/C15H18O2/c1-9-8-17-14-6-11-4-5-13(16)10(2)15(11,3)7-12(9)14/h4,8,10H,5-7H2,1-3H3/t10-,15+/m0/s1. The van der Waals surface area contributed by atoms with Crippen LogP contribution >= 0.6 is 0 Å². The van der Waals surface area contributed by atoms with Crippen LogP contribution in [0.5, 0.6) is 0 Å². The van der Waals surface area contributed by atoms with Crippen molar-refractivity contribution in [2.45, 2.75) is 40.0 Å². The van der Waals surface area contributed by atoms with Crippen molar-refractivity contribution in [3.05, 3.63) is 34.8 Å². The first kappa shape index (κ1) is 10.8. The highest BCUT2D eigenvalue weighted by Gasteiger charge is 2.45. The zero-order valence-corrected chi connectivity index (χ0v) is 10.7. The summed E-state index contributed by atoms with van der Waals surface area (Å²) < 4.78 is 5.62. The van der Waals surface area contributed by atoms with Gasteiger partial charge in [-0.15, -0.1) is 0 Å². The molecule has 0 N–H and O–H groups in total. The Morgan fingerprint density at radius 1 is 1.47 bits per heavy atom. The van der Waals surface area contributed by atoms with Gasteiger partial charge in [0.2, 0.25) is 0 Å². The van der Waals surface area contributed by atoms with E-state index in [1.165, 1.54) is 16.7 Å². The van der Waals surface area contributed by atoms with Crippen LogP contribution in [0.3, 0.4) is 0 Å². The number of allylic oxidation sites excluding steroid dienone is 2. The van der Waals surface area contributed by atoms with Crippen LogP contribution in [0.1, 0.15) is 37.2 Å². The summed E-state index contributed by atoms with van der Waals surface area (Å²) in [7, 11) is 0. The Morgan fingerprint density at radius 3 is 3.00 bits per heavy atom. The topological polar surface area (TPSA) is 30.2 Å². The SMILES string of the molecule is Cc1coc2c1C[C@@]1(C)C(=CCC(=O)[C@@H]1C)C2. The maximum Gasteiger partial charge on any atom is 0.140 e. The second-order valence-electron chi connectivity index (χ2n) is 5.71. The molecule has 2 heteroatoms. The Bertz CT molecular complexity index is 521. The lowest BCUT2D eigenvalue weighted by Crippen LogP contribution is -2.41. The molecule has 2 nitrogen and oxygen atoms in total. The monoisotopic (exact) mass is 230 g/mol. The van der Waals surface area contributed by atoms with Crippen molar-refractivity contribution in [1.82, 2.24) is 0 Å². The van der Waals surface area contributed by atoms with Crippen LogP contribution in [-0.2, 0) is 17.6 Å². The lowest BCUT2D eigenvalue weighted by molar-refractivity contribution is -0.125. The third kappa shape index (κ3) is 1.36. The van der Waals surface area contributed by atoms with Gasteiger partial charge < -0.3 is 4.42 Å². The minimum absolute atomic E-state index is 0.0109. The predicted molar refractivity (Wildman–Crippen MR) is 65.8 cm³/mol. The largest absolute Gasteiger partial charge is 0.468 e. The van der Waals surface area contributed by atoms with E-state index < -0.39 is 0 Å². The van der Waals surface area contributed by atoms with E-state index in [1.807, 2.05) is 6.26 Å². The van der Waals surface area contributed by atoms with Gasteiger partial charge in [0.05, 0.1) is 6.26 Å². The average Bonchev–Trinajstić information content (AvgIpc) is 2.64. The van der Waals surface area contributed by atoms with E-state index in [2.05, 4.69) is 26.8 Å². The summed E-state index contributed by atoms with van der Waals surface area (Å²) in [5.74, 6) is 1.61. The zero-order valence-electron chi connectivity index (χ0n) is 10.7. The number of carbonyl (C=O) groups excluding carboxylic acids is 1. The fraction of sp³-hybridized carbons (Fsp3) is 0.533. The summed E-state index contributed by atoms with van der Waals surface area (Å²) >= 11 is 0. The summed E-state index contributed by atoms with van der Waals surface area (Å²) in [6.07, 6.45) is 6.41. The molecule has 2 aliphatic rings. The molecule has 1 aromatic heterocycles. The molecule has 0 unspecified atom stereocenters. The fourth-order valence-corrected chi connectivity index (χ4v) is 3.26. The molecule has 2 atom stereocenters. The van der Waals surface area contributed by atoms with Crippen LogP contribution in [0.4, 0.5) is 0 Å². The van der Waals surface area contributed by atoms with E-state index >= 15 is 0 Å². The Kier molecular flexibility index (Phi) is 2.13. The third-order valence-electron chi connectivity index (χ3n) is 4.81. The van der Waals surface area contributed by atoms with Gasteiger partial charge in [-0.25, -0.2) is 0 Å². The van der Waals surface area contributed by atoms with E-state index in [9.17, 15) is 4.79 Å². The minimum atomic E-state index is 0.0109. The maximum atomic E-state index is 11.9.